The van der Waals surface area contributed by atoms with Crippen LogP contribution in [-0.4, -0.2) is 20.8 Å². The molecule has 0 aliphatic rings. The minimum atomic E-state index is -0.0356. The maximum Gasteiger partial charge on any atom is 0.186 e. The van der Waals surface area contributed by atoms with E-state index in [9.17, 15) is 0 Å². The molecule has 1 aromatic heterocycles. The highest BCUT2D eigenvalue weighted by Gasteiger charge is 2.22. The molecule has 0 amide bonds. The summed E-state index contributed by atoms with van der Waals surface area (Å²) in [7, 11) is 1.86. The molecule has 0 radical (unpaired) electrons. The van der Waals surface area contributed by atoms with E-state index in [0.717, 1.165) is 15.7 Å². The van der Waals surface area contributed by atoms with Crippen LogP contribution in [0.3, 0.4) is 0 Å². The Kier molecular flexibility index (Phi) is 4.27. The number of nitrogens with two attached hydrogens (primary N) is 1. The van der Waals surface area contributed by atoms with Crippen molar-refractivity contribution in [2.75, 3.05) is 0 Å². The topological polar surface area (TPSA) is 56.7 Å². The van der Waals surface area contributed by atoms with Crippen LogP contribution >= 0.6 is 23.4 Å². The maximum atomic E-state index is 6.23. The third-order valence-electron chi connectivity index (χ3n) is 2.59. The number of thioether (sulfide) groups is 1. The molecule has 4 nitrogen and oxygen atoms in total. The summed E-state index contributed by atoms with van der Waals surface area (Å²) in [4.78, 5) is 4.21. The van der Waals surface area contributed by atoms with Crippen LogP contribution < -0.4 is 5.73 Å². The highest BCUT2D eigenvalue weighted by molar-refractivity contribution is 7.99. The van der Waals surface area contributed by atoms with Gasteiger partial charge in [0.15, 0.2) is 5.16 Å². The molecule has 0 spiro atoms. The van der Waals surface area contributed by atoms with Gasteiger partial charge in [-0.1, -0.05) is 41.6 Å². The first-order valence-electron chi connectivity index (χ1n) is 5.60. The zero-order valence-electron chi connectivity index (χ0n) is 10.2. The van der Waals surface area contributed by atoms with Gasteiger partial charge in [-0.25, -0.2) is 9.67 Å². The summed E-state index contributed by atoms with van der Waals surface area (Å²) in [5.74, 6) is 0. The summed E-state index contributed by atoms with van der Waals surface area (Å²) < 4.78 is 1.73. The number of rotatable bonds is 4. The first kappa shape index (κ1) is 13.4. The molecular weight excluding hydrogens is 268 g/mol. The van der Waals surface area contributed by atoms with Crippen LogP contribution in [0.5, 0.6) is 0 Å². The normalized spacial score (nSPS) is 14.4. The second-order valence-corrected chi connectivity index (χ2v) is 5.60. The fraction of sp³-hybridized carbons (Fsp3) is 0.333. The van der Waals surface area contributed by atoms with Crippen LogP contribution in [0.4, 0.5) is 0 Å². The predicted molar refractivity (Wildman–Crippen MR) is 74.7 cm³/mol. The Hall–Kier alpha value is -1.04. The molecule has 0 saturated carbocycles. The Morgan fingerprint density at radius 3 is 2.67 bits per heavy atom. The molecule has 0 aliphatic carbocycles. The minimum absolute atomic E-state index is 0.0356. The quantitative estimate of drug-likeness (QED) is 0.876. The Morgan fingerprint density at radius 1 is 1.39 bits per heavy atom. The molecule has 96 valence electrons. The maximum absolute atomic E-state index is 6.23. The van der Waals surface area contributed by atoms with Crippen LogP contribution in [-0.2, 0) is 7.05 Å². The average molecular weight is 283 g/mol. The summed E-state index contributed by atoms with van der Waals surface area (Å²) >= 11 is 7.81. The van der Waals surface area contributed by atoms with Crippen LogP contribution in [0, 0.1) is 0 Å². The molecule has 0 saturated heterocycles. The molecule has 1 aromatic carbocycles. The van der Waals surface area contributed by atoms with Crippen LogP contribution in [0.25, 0.3) is 0 Å². The van der Waals surface area contributed by atoms with Crippen LogP contribution in [0.2, 0.25) is 5.02 Å². The van der Waals surface area contributed by atoms with Crippen molar-refractivity contribution in [2.24, 2.45) is 12.8 Å². The van der Waals surface area contributed by atoms with E-state index in [2.05, 4.69) is 10.1 Å². The van der Waals surface area contributed by atoms with E-state index in [-0.39, 0.29) is 11.3 Å². The van der Waals surface area contributed by atoms with Gasteiger partial charge in [-0.2, -0.15) is 5.10 Å². The number of hydrogen-bond donors (Lipinski definition) is 1. The number of halogens is 1. The van der Waals surface area contributed by atoms with Crippen molar-refractivity contribution in [3.63, 3.8) is 0 Å². The summed E-state index contributed by atoms with van der Waals surface area (Å²) in [6, 6.07) is 7.72. The van der Waals surface area contributed by atoms with E-state index in [0.29, 0.717) is 0 Å². The van der Waals surface area contributed by atoms with Crippen molar-refractivity contribution >= 4 is 23.4 Å². The Morgan fingerprint density at radius 2 is 2.11 bits per heavy atom. The SMILES string of the molecule is CC(N)C(Sc1ncnn1C)c1ccccc1Cl. The van der Waals surface area contributed by atoms with Crippen molar-refractivity contribution in [3.8, 4) is 0 Å². The lowest BCUT2D eigenvalue weighted by molar-refractivity contribution is 0.672. The van der Waals surface area contributed by atoms with Crippen molar-refractivity contribution < 1.29 is 0 Å². The van der Waals surface area contributed by atoms with Crippen molar-refractivity contribution in [2.45, 2.75) is 23.4 Å². The number of aryl methyl sites for hydroxylation is 1. The lowest BCUT2D eigenvalue weighted by Gasteiger charge is -2.21. The van der Waals surface area contributed by atoms with Gasteiger partial charge in [0.05, 0.1) is 5.25 Å². The molecular formula is C12H15ClN4S. The van der Waals surface area contributed by atoms with Crippen molar-refractivity contribution in [1.82, 2.24) is 14.8 Å². The monoisotopic (exact) mass is 282 g/mol. The first-order chi connectivity index (χ1) is 8.59. The molecule has 0 aliphatic heterocycles. The summed E-state index contributed by atoms with van der Waals surface area (Å²) in [6.07, 6.45) is 1.53. The molecule has 2 N–H and O–H groups in total. The average Bonchev–Trinajstić information content (AvgIpc) is 2.73. The smallest absolute Gasteiger partial charge is 0.186 e. The summed E-state index contributed by atoms with van der Waals surface area (Å²) in [5.41, 5.74) is 7.10. The van der Waals surface area contributed by atoms with E-state index in [1.165, 1.54) is 6.33 Å². The van der Waals surface area contributed by atoms with Gasteiger partial charge in [-0.15, -0.1) is 0 Å². The van der Waals surface area contributed by atoms with Gasteiger partial charge >= 0.3 is 0 Å². The van der Waals surface area contributed by atoms with Crippen molar-refractivity contribution in [3.05, 3.63) is 41.2 Å². The second kappa shape index (κ2) is 5.73. The largest absolute Gasteiger partial charge is 0.327 e. The Bertz CT molecular complexity index is 526. The number of nitrogens with zero attached hydrogens (tertiary/aromatic N) is 3. The lowest BCUT2D eigenvalue weighted by atomic mass is 10.1. The van der Waals surface area contributed by atoms with Gasteiger partial charge < -0.3 is 5.73 Å². The highest BCUT2D eigenvalue weighted by Crippen LogP contribution is 2.38. The molecule has 2 rings (SSSR count). The zero-order chi connectivity index (χ0) is 13.1. The second-order valence-electron chi connectivity index (χ2n) is 4.09. The van der Waals surface area contributed by atoms with Gasteiger partial charge in [0.25, 0.3) is 0 Å². The number of aromatic nitrogens is 3. The molecule has 2 unspecified atom stereocenters. The van der Waals surface area contributed by atoms with E-state index < -0.39 is 0 Å². The van der Waals surface area contributed by atoms with Gasteiger partial charge in [-0.05, 0) is 18.6 Å². The Labute approximate surface area is 116 Å². The molecule has 2 aromatic rings. The third-order valence-corrected chi connectivity index (χ3v) is 4.45. The highest BCUT2D eigenvalue weighted by atomic mass is 35.5. The minimum Gasteiger partial charge on any atom is -0.327 e. The molecule has 0 fully saturated rings. The molecule has 2 atom stereocenters. The number of benzene rings is 1. The first-order valence-corrected chi connectivity index (χ1v) is 6.86. The number of hydrogen-bond acceptors (Lipinski definition) is 4. The Balaban J connectivity index is 2.30. The summed E-state index contributed by atoms with van der Waals surface area (Å²) in [5, 5.41) is 5.67. The molecule has 1 heterocycles. The third kappa shape index (κ3) is 2.85. The van der Waals surface area contributed by atoms with Crippen LogP contribution in [0.15, 0.2) is 35.7 Å². The van der Waals surface area contributed by atoms with E-state index in [4.69, 9.17) is 17.3 Å². The lowest BCUT2D eigenvalue weighted by Crippen LogP contribution is -2.23. The van der Waals surface area contributed by atoms with Crippen molar-refractivity contribution in [1.29, 1.82) is 0 Å². The van der Waals surface area contributed by atoms with Gasteiger partial charge in [0, 0.05) is 18.1 Å². The summed E-state index contributed by atoms with van der Waals surface area (Å²) in [6.45, 7) is 1.97. The zero-order valence-corrected chi connectivity index (χ0v) is 11.8. The molecule has 18 heavy (non-hydrogen) atoms. The predicted octanol–water partition coefficient (Wildman–Crippen LogP) is 2.65. The van der Waals surface area contributed by atoms with Gasteiger partial charge in [0.2, 0.25) is 0 Å². The van der Waals surface area contributed by atoms with E-state index >= 15 is 0 Å². The van der Waals surface area contributed by atoms with Gasteiger partial charge in [0.1, 0.15) is 6.33 Å². The van der Waals surface area contributed by atoms with Gasteiger partial charge in [-0.3, -0.25) is 0 Å². The van der Waals surface area contributed by atoms with E-state index in [1.807, 2.05) is 38.2 Å². The fourth-order valence-electron chi connectivity index (χ4n) is 1.67. The van der Waals surface area contributed by atoms with Crippen LogP contribution in [0.1, 0.15) is 17.7 Å². The molecule has 0 bridgehead atoms. The fourth-order valence-corrected chi connectivity index (χ4v) is 3.07. The van der Waals surface area contributed by atoms with E-state index in [1.54, 1.807) is 16.4 Å². The standard InChI is InChI=1S/C12H15ClN4S/c1-8(14)11(9-5-3-4-6-10(9)13)18-12-15-7-16-17(12)2/h3-8,11H,14H2,1-2H3. The molecule has 6 heteroatoms.